The summed E-state index contributed by atoms with van der Waals surface area (Å²) in [6.45, 7) is 1.36. The lowest BCUT2D eigenvalue weighted by atomic mass is 10.1. The van der Waals surface area contributed by atoms with Gasteiger partial charge in [0, 0.05) is 30.5 Å². The summed E-state index contributed by atoms with van der Waals surface area (Å²) in [4.78, 5) is 65.4. The Kier molecular flexibility index (Phi) is 10.5. The zero-order valence-electron chi connectivity index (χ0n) is 16.7. The number of carboxylic acid groups (broad SMARTS) is 2. The second kappa shape index (κ2) is 12.5. The quantitative estimate of drug-likeness (QED) is 0.148. The number of aromatic nitrogens is 2. The second-order valence-electron chi connectivity index (χ2n) is 6.69. The molecule has 0 aliphatic carbocycles. The van der Waals surface area contributed by atoms with Crippen molar-refractivity contribution in [2.45, 2.75) is 50.4 Å². The van der Waals surface area contributed by atoms with Crippen molar-refractivity contribution in [3.05, 3.63) is 18.2 Å². The molecule has 13 nitrogen and oxygen atoms in total. The van der Waals surface area contributed by atoms with Gasteiger partial charge in [-0.05, 0) is 13.3 Å². The number of imidazole rings is 1. The van der Waals surface area contributed by atoms with E-state index in [2.05, 4.69) is 38.5 Å². The molecule has 0 fully saturated rings. The van der Waals surface area contributed by atoms with Gasteiger partial charge in [0.25, 0.3) is 0 Å². The first-order valence-electron chi connectivity index (χ1n) is 9.24. The van der Waals surface area contributed by atoms with Crippen molar-refractivity contribution < 1.29 is 34.2 Å². The maximum absolute atomic E-state index is 12.6. The highest BCUT2D eigenvalue weighted by molar-refractivity contribution is 7.80. The van der Waals surface area contributed by atoms with E-state index < -0.39 is 53.8 Å². The van der Waals surface area contributed by atoms with Crippen molar-refractivity contribution in [2.24, 2.45) is 5.73 Å². The van der Waals surface area contributed by atoms with Crippen LogP contribution < -0.4 is 21.7 Å². The Morgan fingerprint density at radius 3 is 2.26 bits per heavy atom. The largest absolute Gasteiger partial charge is 0.481 e. The van der Waals surface area contributed by atoms with Crippen molar-refractivity contribution in [1.82, 2.24) is 25.9 Å². The van der Waals surface area contributed by atoms with Crippen LogP contribution in [0.1, 0.15) is 25.5 Å². The highest BCUT2D eigenvalue weighted by Crippen LogP contribution is 2.02. The summed E-state index contributed by atoms with van der Waals surface area (Å²) in [6, 6.07) is -4.65. The number of thiol groups is 1. The van der Waals surface area contributed by atoms with E-state index in [0.717, 1.165) is 0 Å². The van der Waals surface area contributed by atoms with E-state index in [0.29, 0.717) is 5.69 Å². The van der Waals surface area contributed by atoms with Gasteiger partial charge >= 0.3 is 11.9 Å². The Bertz CT molecular complexity index is 788. The van der Waals surface area contributed by atoms with Crippen LogP contribution in [0.15, 0.2) is 12.5 Å². The smallest absolute Gasteiger partial charge is 0.327 e. The highest BCUT2D eigenvalue weighted by Gasteiger charge is 2.29. The monoisotopic (exact) mass is 458 g/mol. The van der Waals surface area contributed by atoms with Crippen molar-refractivity contribution in [3.63, 3.8) is 0 Å². The number of H-pyrrole nitrogens is 1. The number of carboxylic acids is 2. The van der Waals surface area contributed by atoms with Gasteiger partial charge in [0.1, 0.15) is 18.1 Å². The summed E-state index contributed by atoms with van der Waals surface area (Å²) in [5, 5.41) is 24.8. The predicted molar refractivity (Wildman–Crippen MR) is 110 cm³/mol. The maximum Gasteiger partial charge on any atom is 0.327 e. The SMILES string of the molecule is CC(NC(=O)C(N)CCC(=O)O)C(=O)NC(Cc1cnc[nH]1)C(=O)NC(CS)C(=O)O. The van der Waals surface area contributed by atoms with Crippen LogP contribution in [0.25, 0.3) is 0 Å². The van der Waals surface area contributed by atoms with E-state index in [9.17, 15) is 24.0 Å². The van der Waals surface area contributed by atoms with Gasteiger partial charge in [0.15, 0.2) is 0 Å². The van der Waals surface area contributed by atoms with E-state index in [-0.39, 0.29) is 25.0 Å². The highest BCUT2D eigenvalue weighted by atomic mass is 32.1. The van der Waals surface area contributed by atoms with Gasteiger partial charge < -0.3 is 36.9 Å². The number of rotatable bonds is 13. The van der Waals surface area contributed by atoms with Gasteiger partial charge in [-0.3, -0.25) is 19.2 Å². The van der Waals surface area contributed by atoms with Crippen LogP contribution in [0.4, 0.5) is 0 Å². The summed E-state index contributed by atoms with van der Waals surface area (Å²) < 4.78 is 0. The number of aromatic amines is 1. The molecule has 1 rings (SSSR count). The molecule has 172 valence electrons. The van der Waals surface area contributed by atoms with E-state index in [1.165, 1.54) is 19.4 Å². The average Bonchev–Trinajstić information content (AvgIpc) is 3.21. The lowest BCUT2D eigenvalue weighted by Crippen LogP contribution is -2.57. The minimum absolute atomic E-state index is 0.0186. The summed E-state index contributed by atoms with van der Waals surface area (Å²) in [5.41, 5.74) is 6.11. The van der Waals surface area contributed by atoms with Crippen molar-refractivity contribution in [2.75, 3.05) is 5.75 Å². The first-order valence-corrected chi connectivity index (χ1v) is 9.87. The topological polar surface area (TPSA) is 217 Å². The Hall–Kier alpha value is -3.13. The molecule has 0 aromatic carbocycles. The normalized spacial score (nSPS) is 14.5. The third-order valence-electron chi connectivity index (χ3n) is 4.17. The van der Waals surface area contributed by atoms with Crippen LogP contribution in [0, 0.1) is 0 Å². The maximum atomic E-state index is 12.6. The molecule has 0 aliphatic rings. The predicted octanol–water partition coefficient (Wildman–Crippen LogP) is -2.37. The molecular weight excluding hydrogens is 432 g/mol. The van der Waals surface area contributed by atoms with Crippen molar-refractivity contribution in [1.29, 1.82) is 0 Å². The molecule has 0 saturated heterocycles. The minimum atomic E-state index is -1.29. The van der Waals surface area contributed by atoms with Gasteiger partial charge in [0.2, 0.25) is 17.7 Å². The van der Waals surface area contributed by atoms with Crippen LogP contribution in [0.3, 0.4) is 0 Å². The fraction of sp³-hybridized carbons (Fsp3) is 0.529. The number of carbonyl (C=O) groups is 5. The number of aliphatic carboxylic acids is 2. The number of carbonyl (C=O) groups excluding carboxylic acids is 3. The number of amides is 3. The van der Waals surface area contributed by atoms with Gasteiger partial charge in [-0.2, -0.15) is 12.6 Å². The molecule has 4 unspecified atom stereocenters. The lowest BCUT2D eigenvalue weighted by molar-refractivity contribution is -0.141. The number of hydrogen-bond acceptors (Lipinski definition) is 8. The third-order valence-corrected chi connectivity index (χ3v) is 4.53. The molecule has 14 heteroatoms. The van der Waals surface area contributed by atoms with Crippen molar-refractivity contribution in [3.8, 4) is 0 Å². The number of nitrogens with one attached hydrogen (secondary N) is 4. The Morgan fingerprint density at radius 1 is 1.10 bits per heavy atom. The summed E-state index contributed by atoms with van der Waals surface area (Å²) in [7, 11) is 0. The van der Waals surface area contributed by atoms with Crippen LogP contribution in [-0.2, 0) is 30.4 Å². The molecule has 8 N–H and O–H groups in total. The number of nitrogens with two attached hydrogens (primary N) is 1. The lowest BCUT2D eigenvalue weighted by Gasteiger charge is -2.23. The first kappa shape index (κ1) is 25.9. The van der Waals surface area contributed by atoms with Crippen molar-refractivity contribution >= 4 is 42.3 Å². The molecule has 0 aliphatic heterocycles. The van der Waals surface area contributed by atoms with Gasteiger partial charge in [-0.25, -0.2) is 9.78 Å². The second-order valence-corrected chi connectivity index (χ2v) is 7.06. The molecule has 0 radical (unpaired) electrons. The van der Waals surface area contributed by atoms with E-state index in [4.69, 9.17) is 15.9 Å². The molecule has 3 amide bonds. The third kappa shape index (κ3) is 9.04. The zero-order chi connectivity index (χ0) is 23.6. The Morgan fingerprint density at radius 2 is 1.74 bits per heavy atom. The zero-order valence-corrected chi connectivity index (χ0v) is 17.6. The van der Waals surface area contributed by atoms with Crippen LogP contribution in [0.2, 0.25) is 0 Å². The molecule has 0 bridgehead atoms. The molecule has 1 aromatic rings. The molecule has 1 heterocycles. The average molecular weight is 458 g/mol. The van der Waals surface area contributed by atoms with Crippen LogP contribution in [-0.4, -0.2) is 79.8 Å². The van der Waals surface area contributed by atoms with Gasteiger partial charge in [-0.1, -0.05) is 0 Å². The van der Waals surface area contributed by atoms with Gasteiger partial charge in [-0.15, -0.1) is 0 Å². The first-order chi connectivity index (χ1) is 14.5. The minimum Gasteiger partial charge on any atom is -0.481 e. The van der Waals surface area contributed by atoms with E-state index in [1.54, 1.807) is 0 Å². The van der Waals surface area contributed by atoms with E-state index in [1.807, 2.05) is 0 Å². The van der Waals surface area contributed by atoms with Gasteiger partial charge in [0.05, 0.1) is 12.4 Å². The fourth-order valence-electron chi connectivity index (χ4n) is 2.38. The molecule has 1 aromatic heterocycles. The summed E-state index contributed by atoms with van der Waals surface area (Å²) in [5.74, 6) is -4.77. The van der Waals surface area contributed by atoms with E-state index >= 15 is 0 Å². The number of nitrogens with zero attached hydrogens (tertiary/aromatic N) is 1. The molecule has 4 atom stereocenters. The Balaban J connectivity index is 2.79. The summed E-state index contributed by atoms with van der Waals surface area (Å²) in [6.07, 6.45) is 2.38. The Labute approximate surface area is 183 Å². The van der Waals surface area contributed by atoms with Crippen LogP contribution in [0.5, 0.6) is 0 Å². The molecular formula is C17H26N6O7S. The molecule has 0 spiro atoms. The molecule has 31 heavy (non-hydrogen) atoms. The summed E-state index contributed by atoms with van der Waals surface area (Å²) >= 11 is 3.88. The number of hydrogen-bond donors (Lipinski definition) is 8. The standard InChI is InChI=1S/C17H26N6O7S/c1-8(21-15(27)10(18)2-3-13(24)25)14(26)22-11(4-9-5-19-7-20-9)16(28)23-12(6-31)17(29)30/h5,7-8,10-12,31H,2-4,6,18H2,1H3,(H,19,20)(H,21,27)(H,22,26)(H,23,28)(H,24,25)(H,29,30). The fourth-order valence-corrected chi connectivity index (χ4v) is 2.62. The molecule has 0 saturated carbocycles. The van der Waals surface area contributed by atoms with Crippen LogP contribution >= 0.6 is 12.6 Å².